The molecule has 0 saturated heterocycles. The number of rotatable bonds is 7. The van der Waals surface area contributed by atoms with Crippen molar-refractivity contribution in [1.29, 1.82) is 0 Å². The van der Waals surface area contributed by atoms with E-state index < -0.39 is 0 Å². The van der Waals surface area contributed by atoms with Gasteiger partial charge >= 0.3 is 5.97 Å². The molecule has 2 fully saturated rings. The predicted molar refractivity (Wildman–Crippen MR) is 117 cm³/mol. The maximum absolute atomic E-state index is 12.3. The molecule has 2 aliphatic carbocycles. The molecule has 2 aromatic carbocycles. The average molecular weight is 409 g/mol. The number of para-hydroxylation sites is 1. The molecule has 0 N–H and O–H groups in total. The maximum Gasteiger partial charge on any atom is 0.343 e. The lowest BCUT2D eigenvalue weighted by Crippen LogP contribution is -2.24. The fraction of sp³-hybridized carbons (Fsp3) is 0.500. The zero-order valence-electron chi connectivity index (χ0n) is 17.6. The monoisotopic (exact) mass is 408 g/mol. The van der Waals surface area contributed by atoms with Crippen LogP contribution in [0.25, 0.3) is 0 Å². The van der Waals surface area contributed by atoms with E-state index in [0.717, 1.165) is 25.7 Å². The van der Waals surface area contributed by atoms with Crippen LogP contribution in [0, 0.1) is 0 Å². The van der Waals surface area contributed by atoms with Crippen LogP contribution < -0.4 is 4.74 Å². The molecule has 0 spiro atoms. The highest BCUT2D eigenvalue weighted by molar-refractivity contribution is 5.91. The van der Waals surface area contributed by atoms with Crippen molar-refractivity contribution in [1.82, 2.24) is 0 Å². The molecule has 0 atom stereocenters. The van der Waals surface area contributed by atoms with Crippen molar-refractivity contribution in [3.05, 3.63) is 65.7 Å². The molecule has 0 heterocycles. The molecule has 2 aliphatic rings. The molecule has 30 heavy (non-hydrogen) atoms. The summed E-state index contributed by atoms with van der Waals surface area (Å²) in [5.41, 5.74) is 1.88. The highest BCUT2D eigenvalue weighted by Crippen LogP contribution is 2.34. The summed E-state index contributed by atoms with van der Waals surface area (Å²) < 4.78 is 17.3. The van der Waals surface area contributed by atoms with Gasteiger partial charge in [0.05, 0.1) is 17.8 Å². The van der Waals surface area contributed by atoms with Crippen LogP contribution in [0.3, 0.4) is 0 Å². The number of carbonyl (C=O) groups excluding carboxylic acids is 1. The molecule has 4 heteroatoms. The molecule has 4 rings (SSSR count). The highest BCUT2D eigenvalue weighted by Gasteiger charge is 2.24. The Kier molecular flexibility index (Phi) is 7.54. The normalized spacial score (nSPS) is 22.5. The van der Waals surface area contributed by atoms with Gasteiger partial charge in [-0.1, -0.05) is 49.6 Å². The molecular formula is C26H32O4. The summed E-state index contributed by atoms with van der Waals surface area (Å²) >= 11 is 0. The standard InChI is InChI=1S/C26H32O4/c27-26(30-25-9-5-2-6-10-25)22-13-11-20(12-14-22)21-15-17-24(18-16-21)29-19-28-23-7-3-1-4-8-23/h2,5-6,9-14,21,23-24H,1,3-4,7-8,15-19H2. The molecule has 2 saturated carbocycles. The van der Waals surface area contributed by atoms with Crippen LogP contribution in [0.4, 0.5) is 0 Å². The second-order valence-electron chi connectivity index (χ2n) is 8.51. The molecule has 0 radical (unpaired) electrons. The molecule has 0 aromatic heterocycles. The van der Waals surface area contributed by atoms with Crippen molar-refractivity contribution in [2.24, 2.45) is 0 Å². The van der Waals surface area contributed by atoms with Crippen LogP contribution in [-0.2, 0) is 9.47 Å². The van der Waals surface area contributed by atoms with E-state index in [-0.39, 0.29) is 5.97 Å². The Bertz CT molecular complexity index is 772. The highest BCUT2D eigenvalue weighted by atomic mass is 16.7. The minimum Gasteiger partial charge on any atom is -0.423 e. The summed E-state index contributed by atoms with van der Waals surface area (Å²) in [6, 6.07) is 17.1. The van der Waals surface area contributed by atoms with E-state index in [1.54, 1.807) is 12.1 Å². The molecule has 0 unspecified atom stereocenters. The van der Waals surface area contributed by atoms with Crippen LogP contribution in [0.5, 0.6) is 5.75 Å². The minimum absolute atomic E-state index is 0.310. The van der Waals surface area contributed by atoms with Gasteiger partial charge in [-0.15, -0.1) is 0 Å². The van der Waals surface area contributed by atoms with E-state index in [1.807, 2.05) is 30.3 Å². The van der Waals surface area contributed by atoms with Crippen LogP contribution in [-0.4, -0.2) is 25.0 Å². The Morgan fingerprint density at radius 3 is 2.03 bits per heavy atom. The van der Waals surface area contributed by atoms with Crippen LogP contribution in [0.15, 0.2) is 54.6 Å². The third kappa shape index (κ3) is 5.93. The predicted octanol–water partition coefficient (Wildman–Crippen LogP) is 6.26. The molecule has 0 bridgehead atoms. The van der Waals surface area contributed by atoms with Gasteiger partial charge in [-0.2, -0.15) is 0 Å². The van der Waals surface area contributed by atoms with Crippen molar-refractivity contribution in [3.63, 3.8) is 0 Å². The van der Waals surface area contributed by atoms with Crippen molar-refractivity contribution in [2.75, 3.05) is 6.79 Å². The number of hydrogen-bond donors (Lipinski definition) is 0. The summed E-state index contributed by atoms with van der Waals surface area (Å²) in [6.07, 6.45) is 11.4. The zero-order chi connectivity index (χ0) is 20.6. The third-order valence-electron chi connectivity index (χ3n) is 6.41. The molecule has 0 aliphatic heterocycles. The van der Waals surface area contributed by atoms with E-state index in [2.05, 4.69) is 12.1 Å². The first kappa shape index (κ1) is 21.1. The molecule has 160 valence electrons. The molecule has 4 nitrogen and oxygen atoms in total. The molecule has 0 amide bonds. The lowest BCUT2D eigenvalue weighted by molar-refractivity contribution is -0.131. The summed E-state index contributed by atoms with van der Waals surface area (Å²) in [5.74, 6) is 0.781. The fourth-order valence-electron chi connectivity index (χ4n) is 4.57. The van der Waals surface area contributed by atoms with Crippen LogP contribution >= 0.6 is 0 Å². The van der Waals surface area contributed by atoms with E-state index in [9.17, 15) is 4.79 Å². The smallest absolute Gasteiger partial charge is 0.343 e. The fourth-order valence-corrected chi connectivity index (χ4v) is 4.57. The second-order valence-corrected chi connectivity index (χ2v) is 8.51. The molecular weight excluding hydrogens is 376 g/mol. The van der Waals surface area contributed by atoms with Gasteiger partial charge in [-0.05, 0) is 74.3 Å². The van der Waals surface area contributed by atoms with Crippen molar-refractivity contribution in [3.8, 4) is 5.75 Å². The van der Waals surface area contributed by atoms with Gasteiger partial charge in [0.25, 0.3) is 0 Å². The largest absolute Gasteiger partial charge is 0.423 e. The number of carbonyl (C=O) groups is 1. The summed E-state index contributed by atoms with van der Waals surface area (Å²) in [7, 11) is 0. The maximum atomic E-state index is 12.3. The van der Waals surface area contributed by atoms with Gasteiger partial charge in [-0.3, -0.25) is 0 Å². The Hall–Kier alpha value is -2.17. The first-order valence-corrected chi connectivity index (χ1v) is 11.4. The van der Waals surface area contributed by atoms with Gasteiger partial charge in [0, 0.05) is 0 Å². The van der Waals surface area contributed by atoms with Crippen LogP contribution in [0.1, 0.15) is 79.6 Å². The average Bonchev–Trinajstić information content (AvgIpc) is 2.81. The third-order valence-corrected chi connectivity index (χ3v) is 6.41. The van der Waals surface area contributed by atoms with E-state index in [4.69, 9.17) is 14.2 Å². The van der Waals surface area contributed by atoms with E-state index in [0.29, 0.717) is 36.2 Å². The van der Waals surface area contributed by atoms with E-state index >= 15 is 0 Å². The van der Waals surface area contributed by atoms with Gasteiger partial charge in [0.1, 0.15) is 12.5 Å². The summed E-state index contributed by atoms with van der Waals surface area (Å²) in [6.45, 7) is 0.443. The van der Waals surface area contributed by atoms with Crippen LogP contribution in [0.2, 0.25) is 0 Å². The van der Waals surface area contributed by atoms with E-state index in [1.165, 1.54) is 37.7 Å². The molecule has 2 aromatic rings. The van der Waals surface area contributed by atoms with Gasteiger partial charge < -0.3 is 14.2 Å². The number of ether oxygens (including phenoxy) is 3. The number of benzene rings is 2. The van der Waals surface area contributed by atoms with Crippen molar-refractivity contribution >= 4 is 5.97 Å². The first-order chi connectivity index (χ1) is 14.8. The van der Waals surface area contributed by atoms with Crippen molar-refractivity contribution < 1.29 is 19.0 Å². The van der Waals surface area contributed by atoms with Crippen molar-refractivity contribution in [2.45, 2.75) is 75.9 Å². The van der Waals surface area contributed by atoms with Gasteiger partial charge in [-0.25, -0.2) is 4.79 Å². The Morgan fingerprint density at radius 1 is 0.733 bits per heavy atom. The summed E-state index contributed by atoms with van der Waals surface area (Å²) in [5, 5.41) is 0. The first-order valence-electron chi connectivity index (χ1n) is 11.4. The number of hydrogen-bond acceptors (Lipinski definition) is 4. The quantitative estimate of drug-likeness (QED) is 0.308. The summed E-state index contributed by atoms with van der Waals surface area (Å²) in [4.78, 5) is 12.3. The topological polar surface area (TPSA) is 44.8 Å². The Balaban J connectivity index is 1.20. The second kappa shape index (κ2) is 10.7. The van der Waals surface area contributed by atoms with Gasteiger partial charge in [0.15, 0.2) is 0 Å². The number of esters is 1. The van der Waals surface area contributed by atoms with Gasteiger partial charge in [0.2, 0.25) is 0 Å². The SMILES string of the molecule is O=C(Oc1ccccc1)c1ccc(C2CCC(OCOC3CCCCC3)CC2)cc1. The lowest BCUT2D eigenvalue weighted by Gasteiger charge is -2.30. The zero-order valence-corrected chi connectivity index (χ0v) is 17.6. The Labute approximate surface area is 179 Å². The Morgan fingerprint density at radius 2 is 1.37 bits per heavy atom. The minimum atomic E-state index is -0.317. The lowest BCUT2D eigenvalue weighted by atomic mass is 9.82.